The normalized spacial score (nSPS) is 12.8. The van der Waals surface area contributed by atoms with Crippen molar-refractivity contribution in [3.63, 3.8) is 0 Å². The molecule has 0 radical (unpaired) electrons. The quantitative estimate of drug-likeness (QED) is 0.269. The van der Waals surface area contributed by atoms with Crippen LogP contribution in [0.4, 0.5) is 0 Å². The summed E-state index contributed by atoms with van der Waals surface area (Å²) in [6.45, 7) is 0. The minimum absolute atomic E-state index is 1.40. The molecule has 0 saturated heterocycles. The molecule has 0 aliphatic rings. The lowest BCUT2D eigenvalue weighted by atomic mass is 9.91. The van der Waals surface area contributed by atoms with E-state index in [4.69, 9.17) is 0 Å². The summed E-state index contributed by atoms with van der Waals surface area (Å²) in [4.78, 5) is 0. The monoisotopic (exact) mass is 332 g/mol. The fourth-order valence-corrected chi connectivity index (χ4v) is 5.69. The first kappa shape index (κ1) is 12.5. The molecule has 0 nitrogen and oxygen atoms in total. The average Bonchev–Trinajstić information content (AvgIpc) is 3.00. The highest BCUT2D eigenvalue weighted by Crippen LogP contribution is 2.45. The van der Waals surface area contributed by atoms with Gasteiger partial charge >= 0.3 is 0 Å². The molecule has 7 aromatic rings. The van der Waals surface area contributed by atoms with E-state index in [2.05, 4.69) is 72.8 Å². The maximum atomic E-state index is 2.41. The second-order valence-electron chi connectivity index (χ2n) is 6.98. The van der Waals surface area contributed by atoms with E-state index >= 15 is 0 Å². The van der Waals surface area contributed by atoms with Gasteiger partial charge < -0.3 is 0 Å². The van der Waals surface area contributed by atoms with E-state index in [9.17, 15) is 0 Å². The van der Waals surface area contributed by atoms with Crippen LogP contribution in [0.15, 0.2) is 72.8 Å². The van der Waals surface area contributed by atoms with Crippen molar-refractivity contribution in [2.24, 2.45) is 0 Å². The summed E-state index contributed by atoms with van der Waals surface area (Å²) >= 11 is 1.92. The van der Waals surface area contributed by atoms with Crippen molar-refractivity contribution >= 4 is 74.6 Å². The van der Waals surface area contributed by atoms with Crippen molar-refractivity contribution in [1.29, 1.82) is 0 Å². The van der Waals surface area contributed by atoms with E-state index in [1.165, 1.54) is 63.3 Å². The molecule has 0 N–H and O–H groups in total. The van der Waals surface area contributed by atoms with Crippen LogP contribution in [-0.4, -0.2) is 0 Å². The number of hydrogen-bond acceptors (Lipinski definition) is 1. The van der Waals surface area contributed by atoms with Crippen LogP contribution in [0.25, 0.3) is 63.3 Å². The Morgan fingerprint density at radius 3 is 1.12 bits per heavy atom. The van der Waals surface area contributed by atoms with E-state index in [1.54, 1.807) is 0 Å². The van der Waals surface area contributed by atoms with Crippen LogP contribution in [0.2, 0.25) is 0 Å². The lowest BCUT2D eigenvalue weighted by Gasteiger charge is -2.12. The lowest BCUT2D eigenvalue weighted by Crippen LogP contribution is -1.84. The highest BCUT2D eigenvalue weighted by Gasteiger charge is 2.16. The number of hydrogen-bond donors (Lipinski definition) is 0. The van der Waals surface area contributed by atoms with Crippen LogP contribution in [0.1, 0.15) is 0 Å². The Balaban J connectivity index is 1.66. The summed E-state index contributed by atoms with van der Waals surface area (Å²) in [5.74, 6) is 0. The van der Waals surface area contributed by atoms with Gasteiger partial charge in [0.1, 0.15) is 0 Å². The molecule has 25 heavy (non-hydrogen) atoms. The molecule has 0 spiro atoms. The van der Waals surface area contributed by atoms with Gasteiger partial charge in [-0.15, -0.1) is 11.3 Å². The van der Waals surface area contributed by atoms with E-state index in [1.807, 2.05) is 11.3 Å². The summed E-state index contributed by atoms with van der Waals surface area (Å²) in [5.41, 5.74) is 0. The van der Waals surface area contributed by atoms with E-state index in [0.29, 0.717) is 0 Å². The van der Waals surface area contributed by atoms with Crippen molar-refractivity contribution in [2.75, 3.05) is 0 Å². The topological polar surface area (TPSA) is 0 Å². The highest BCUT2D eigenvalue weighted by molar-refractivity contribution is 7.26. The first-order valence-electron chi connectivity index (χ1n) is 8.62. The molecule has 0 fully saturated rings. The van der Waals surface area contributed by atoms with Gasteiger partial charge in [0.2, 0.25) is 0 Å². The van der Waals surface area contributed by atoms with E-state index in [-0.39, 0.29) is 0 Å². The van der Waals surface area contributed by atoms with Gasteiger partial charge in [-0.25, -0.2) is 0 Å². The third-order valence-electron chi connectivity index (χ3n) is 5.76. The molecule has 0 amide bonds. The predicted octanol–water partition coefficient (Wildman–Crippen LogP) is 7.54. The number of thiophene rings is 1. The largest absolute Gasteiger partial charge is 0.135 e. The Kier molecular flexibility index (Phi) is 2.00. The minimum Gasteiger partial charge on any atom is -0.135 e. The molecule has 1 aromatic heterocycles. The Morgan fingerprint density at radius 1 is 0.360 bits per heavy atom. The van der Waals surface area contributed by atoms with Gasteiger partial charge in [0, 0.05) is 20.2 Å². The Morgan fingerprint density at radius 2 is 0.720 bits per heavy atom. The smallest absolute Gasteiger partial charge is 0.0362 e. The second kappa shape index (κ2) is 4.01. The summed E-state index contributed by atoms with van der Waals surface area (Å²) < 4.78 is 2.80. The van der Waals surface area contributed by atoms with Crippen molar-refractivity contribution in [3.05, 3.63) is 72.8 Å². The zero-order valence-electron chi connectivity index (χ0n) is 13.3. The Bertz CT molecular complexity index is 1460. The Hall–Kier alpha value is -2.90. The third kappa shape index (κ3) is 1.36. The third-order valence-corrected chi connectivity index (χ3v) is 6.88. The molecule has 0 aliphatic carbocycles. The maximum absolute atomic E-state index is 2.41. The molecule has 0 unspecified atom stereocenters. The molecule has 1 heterocycles. The van der Waals surface area contributed by atoms with Gasteiger partial charge in [0.15, 0.2) is 0 Å². The molecule has 0 saturated carbocycles. The number of fused-ring (bicyclic) bond motifs is 11. The van der Waals surface area contributed by atoms with Gasteiger partial charge in [-0.3, -0.25) is 0 Å². The van der Waals surface area contributed by atoms with Crippen molar-refractivity contribution in [2.45, 2.75) is 0 Å². The number of benzene rings is 4. The van der Waals surface area contributed by atoms with Crippen LogP contribution >= 0.6 is 11.3 Å². The van der Waals surface area contributed by atoms with E-state index in [0.717, 1.165) is 0 Å². The SMILES string of the molecule is c1ccc2c(c1)c1cc3sc4cc5c6ccccc6c5cc4c3cc21. The van der Waals surface area contributed by atoms with Crippen molar-refractivity contribution < 1.29 is 0 Å². The van der Waals surface area contributed by atoms with E-state index < -0.39 is 0 Å². The fourth-order valence-electron chi connectivity index (χ4n) is 4.54. The minimum atomic E-state index is 1.40. The summed E-state index contributed by atoms with van der Waals surface area (Å²) in [7, 11) is 0. The summed E-state index contributed by atoms with van der Waals surface area (Å²) in [5, 5.41) is 14.0. The van der Waals surface area contributed by atoms with Crippen molar-refractivity contribution in [1.82, 2.24) is 0 Å². The Labute approximate surface area is 147 Å². The average molecular weight is 332 g/mol. The van der Waals surface area contributed by atoms with Crippen molar-refractivity contribution in [3.8, 4) is 0 Å². The molecule has 0 atom stereocenters. The highest BCUT2D eigenvalue weighted by atomic mass is 32.1. The molecule has 1 heteroatoms. The zero-order chi connectivity index (χ0) is 16.1. The zero-order valence-corrected chi connectivity index (χ0v) is 14.2. The predicted molar refractivity (Wildman–Crippen MR) is 112 cm³/mol. The standard InChI is InChI=1S/C24H12S/c1-3-7-15-13(5-1)17-9-21-22-10-18-14-6-2-4-8-16(14)20(18)12-24(22)25-23(21)11-19(15)17/h1-12H. The van der Waals surface area contributed by atoms with Gasteiger partial charge in [-0.2, -0.15) is 0 Å². The molecular weight excluding hydrogens is 320 g/mol. The van der Waals surface area contributed by atoms with Gasteiger partial charge in [0.05, 0.1) is 0 Å². The number of rotatable bonds is 0. The van der Waals surface area contributed by atoms with Gasteiger partial charge in [-0.1, -0.05) is 48.5 Å². The van der Waals surface area contributed by atoms with Crippen LogP contribution in [0.3, 0.4) is 0 Å². The molecule has 114 valence electrons. The maximum Gasteiger partial charge on any atom is 0.0362 e. The first-order valence-corrected chi connectivity index (χ1v) is 9.44. The fraction of sp³-hybridized carbons (Fsp3) is 0. The summed E-state index contributed by atoms with van der Waals surface area (Å²) in [6, 6.07) is 27.1. The van der Waals surface area contributed by atoms with Crippen LogP contribution in [0.5, 0.6) is 0 Å². The van der Waals surface area contributed by atoms with Crippen LogP contribution in [0, 0.1) is 0 Å². The lowest BCUT2D eigenvalue weighted by molar-refractivity contribution is 1.81. The first-order chi connectivity index (χ1) is 12.4. The van der Waals surface area contributed by atoms with Gasteiger partial charge in [0.25, 0.3) is 0 Å². The molecule has 6 aromatic carbocycles. The van der Waals surface area contributed by atoms with Gasteiger partial charge in [-0.05, 0) is 67.4 Å². The molecule has 7 rings (SSSR count). The van der Waals surface area contributed by atoms with Crippen LogP contribution in [-0.2, 0) is 0 Å². The second-order valence-corrected chi connectivity index (χ2v) is 8.06. The van der Waals surface area contributed by atoms with Crippen LogP contribution < -0.4 is 0 Å². The summed E-state index contributed by atoms with van der Waals surface area (Å²) in [6.07, 6.45) is 0. The molecule has 0 aliphatic heterocycles. The molecular formula is C24H12S. The molecule has 0 bridgehead atoms.